The molecule has 2 aliphatic rings. The predicted octanol–water partition coefficient (Wildman–Crippen LogP) is 13.3. The second kappa shape index (κ2) is 12.3. The van der Waals surface area contributed by atoms with E-state index in [9.17, 15) is 0 Å². The lowest BCUT2D eigenvalue weighted by atomic mass is 9.67. The molecule has 0 amide bonds. The van der Waals surface area contributed by atoms with Gasteiger partial charge in [-0.1, -0.05) is 190 Å². The molecule has 56 heavy (non-hydrogen) atoms. The highest BCUT2D eigenvalue weighted by Gasteiger charge is 2.46. The Balaban J connectivity index is 1.10. The molecule has 264 valence electrons. The number of aromatic nitrogens is 2. The van der Waals surface area contributed by atoms with E-state index in [-0.39, 0.29) is 5.41 Å². The van der Waals surface area contributed by atoms with E-state index in [1.54, 1.807) is 0 Å². The number of rotatable bonds is 5. The summed E-state index contributed by atoms with van der Waals surface area (Å²) < 4.78 is 0. The van der Waals surface area contributed by atoms with Crippen molar-refractivity contribution in [3.05, 3.63) is 228 Å². The van der Waals surface area contributed by atoms with Gasteiger partial charge in [0.2, 0.25) is 0 Å². The Bertz CT molecular complexity index is 2940. The highest BCUT2D eigenvalue weighted by Crippen LogP contribution is 2.57. The van der Waals surface area contributed by atoms with Crippen LogP contribution in [-0.4, -0.2) is 9.97 Å². The van der Waals surface area contributed by atoms with E-state index >= 15 is 0 Å². The van der Waals surface area contributed by atoms with Crippen LogP contribution in [0.3, 0.4) is 0 Å². The normalized spacial score (nSPS) is 14.2. The van der Waals surface area contributed by atoms with Crippen molar-refractivity contribution in [2.45, 2.75) is 24.7 Å². The van der Waals surface area contributed by atoms with E-state index < -0.39 is 5.41 Å². The molecule has 11 rings (SSSR count). The maximum absolute atomic E-state index is 5.48. The van der Waals surface area contributed by atoms with Crippen LogP contribution >= 0.6 is 0 Å². The number of hydrogen-bond donors (Lipinski definition) is 0. The van der Waals surface area contributed by atoms with Crippen molar-refractivity contribution in [2.24, 2.45) is 0 Å². The second-order valence-corrected chi connectivity index (χ2v) is 15.7. The Labute approximate surface area is 327 Å². The molecule has 2 nitrogen and oxygen atoms in total. The van der Waals surface area contributed by atoms with Crippen LogP contribution in [0.1, 0.15) is 47.2 Å². The fraction of sp³-hybridized carbons (Fsp3) is 0.0741. The molecule has 0 unspecified atom stereocenters. The topological polar surface area (TPSA) is 25.8 Å². The Morgan fingerprint density at radius 2 is 0.929 bits per heavy atom. The summed E-state index contributed by atoms with van der Waals surface area (Å²) >= 11 is 0. The van der Waals surface area contributed by atoms with Gasteiger partial charge in [-0.15, -0.1) is 0 Å². The monoisotopic (exact) mass is 714 g/mol. The van der Waals surface area contributed by atoms with Gasteiger partial charge in [-0.05, 0) is 85.0 Å². The molecule has 0 spiro atoms. The molecule has 0 N–H and O–H groups in total. The van der Waals surface area contributed by atoms with Crippen molar-refractivity contribution in [3.8, 4) is 56.0 Å². The van der Waals surface area contributed by atoms with Gasteiger partial charge in [-0.25, -0.2) is 9.97 Å². The summed E-state index contributed by atoms with van der Waals surface area (Å²) in [5, 5.41) is 1.08. The minimum absolute atomic E-state index is 0.206. The molecule has 0 atom stereocenters. The molecule has 2 aliphatic carbocycles. The summed E-state index contributed by atoms with van der Waals surface area (Å²) in [5.41, 5.74) is 18.6. The van der Waals surface area contributed by atoms with Gasteiger partial charge in [-0.3, -0.25) is 0 Å². The second-order valence-electron chi connectivity index (χ2n) is 15.7. The number of fused-ring (bicyclic) bond motifs is 8. The number of benzene rings is 8. The standard InChI is InChI=1S/C54H38N2/c1-53(2)46-27-14-12-25-41(46)43-30-31-44-50(35-17-6-3-7-18-35)55-52(56-51(44)49(43)53)38-20-16-19-36(33-38)37-29-32-48-45(34-37)42-26-13-15-28-47(42)54(48,39-21-8-4-9-22-39)40-23-10-5-11-24-40/h3-34H,1-2H3. The zero-order valence-electron chi connectivity index (χ0n) is 31.4. The largest absolute Gasteiger partial charge is 0.228 e. The van der Waals surface area contributed by atoms with Gasteiger partial charge in [0.1, 0.15) is 0 Å². The minimum atomic E-state index is -0.421. The van der Waals surface area contributed by atoms with E-state index in [2.05, 4.69) is 208 Å². The van der Waals surface area contributed by atoms with Crippen LogP contribution in [0, 0.1) is 0 Å². The zero-order chi connectivity index (χ0) is 37.4. The average Bonchev–Trinajstić information content (AvgIpc) is 3.70. The third-order valence-corrected chi connectivity index (χ3v) is 12.3. The first-order valence-electron chi connectivity index (χ1n) is 19.5. The van der Waals surface area contributed by atoms with Gasteiger partial charge in [-0.2, -0.15) is 0 Å². The molecule has 0 saturated heterocycles. The minimum Gasteiger partial charge on any atom is -0.228 e. The van der Waals surface area contributed by atoms with Crippen molar-refractivity contribution >= 4 is 10.9 Å². The van der Waals surface area contributed by atoms with Crippen LogP contribution in [0.25, 0.3) is 66.9 Å². The molecular formula is C54H38N2. The third kappa shape index (κ3) is 4.63. The lowest BCUT2D eigenvalue weighted by Crippen LogP contribution is -2.28. The molecule has 0 radical (unpaired) electrons. The van der Waals surface area contributed by atoms with Crippen molar-refractivity contribution in [1.29, 1.82) is 0 Å². The summed E-state index contributed by atoms with van der Waals surface area (Å²) in [6.45, 7) is 4.66. The molecule has 2 heteroatoms. The molecule has 1 aromatic heterocycles. The summed E-state index contributed by atoms with van der Waals surface area (Å²) in [7, 11) is 0. The first kappa shape index (κ1) is 32.5. The summed E-state index contributed by atoms with van der Waals surface area (Å²) in [6.07, 6.45) is 0. The fourth-order valence-electron chi connectivity index (χ4n) is 9.86. The van der Waals surface area contributed by atoms with Crippen LogP contribution in [-0.2, 0) is 10.8 Å². The van der Waals surface area contributed by atoms with Gasteiger partial charge in [0.05, 0.1) is 16.6 Å². The van der Waals surface area contributed by atoms with E-state index in [1.807, 2.05) is 0 Å². The third-order valence-electron chi connectivity index (χ3n) is 12.3. The average molecular weight is 715 g/mol. The maximum atomic E-state index is 5.48. The molecule has 0 fully saturated rings. The van der Waals surface area contributed by atoms with Gasteiger partial charge < -0.3 is 0 Å². The highest BCUT2D eigenvalue weighted by molar-refractivity contribution is 6.02. The van der Waals surface area contributed by atoms with Crippen LogP contribution in [0.5, 0.6) is 0 Å². The van der Waals surface area contributed by atoms with Crippen LogP contribution in [0.4, 0.5) is 0 Å². The number of hydrogen-bond acceptors (Lipinski definition) is 2. The summed E-state index contributed by atoms with van der Waals surface area (Å²) in [6, 6.07) is 70.6. The van der Waals surface area contributed by atoms with Crippen LogP contribution < -0.4 is 0 Å². The molecular weight excluding hydrogens is 677 g/mol. The molecule has 0 saturated carbocycles. The van der Waals surface area contributed by atoms with E-state index in [4.69, 9.17) is 9.97 Å². The first-order valence-corrected chi connectivity index (χ1v) is 19.5. The molecule has 0 aliphatic heterocycles. The first-order chi connectivity index (χ1) is 27.5. The van der Waals surface area contributed by atoms with E-state index in [0.29, 0.717) is 0 Å². The maximum Gasteiger partial charge on any atom is 0.160 e. The van der Waals surface area contributed by atoms with Gasteiger partial charge in [0.15, 0.2) is 5.82 Å². The summed E-state index contributed by atoms with van der Waals surface area (Å²) in [5.74, 6) is 0.733. The van der Waals surface area contributed by atoms with Crippen molar-refractivity contribution in [1.82, 2.24) is 9.97 Å². The fourth-order valence-corrected chi connectivity index (χ4v) is 9.86. The number of nitrogens with zero attached hydrogens (tertiary/aromatic N) is 2. The van der Waals surface area contributed by atoms with Crippen molar-refractivity contribution < 1.29 is 0 Å². The lowest BCUT2D eigenvalue weighted by molar-refractivity contribution is 0.664. The predicted molar refractivity (Wildman–Crippen MR) is 231 cm³/mol. The van der Waals surface area contributed by atoms with Gasteiger partial charge in [0.25, 0.3) is 0 Å². The van der Waals surface area contributed by atoms with Crippen LogP contribution in [0.2, 0.25) is 0 Å². The molecule has 9 aromatic rings. The smallest absolute Gasteiger partial charge is 0.160 e. The molecule has 0 bridgehead atoms. The highest BCUT2D eigenvalue weighted by atomic mass is 14.9. The Kier molecular flexibility index (Phi) is 7.15. The molecule has 1 heterocycles. The zero-order valence-corrected chi connectivity index (χ0v) is 31.4. The Hall–Kier alpha value is -6.90. The Morgan fingerprint density at radius 3 is 1.64 bits per heavy atom. The van der Waals surface area contributed by atoms with E-state index in [1.165, 1.54) is 61.2 Å². The van der Waals surface area contributed by atoms with Crippen molar-refractivity contribution in [3.63, 3.8) is 0 Å². The lowest BCUT2D eigenvalue weighted by Gasteiger charge is -2.33. The Morgan fingerprint density at radius 1 is 0.375 bits per heavy atom. The van der Waals surface area contributed by atoms with Gasteiger partial charge in [0, 0.05) is 21.9 Å². The van der Waals surface area contributed by atoms with E-state index in [0.717, 1.165) is 39.1 Å². The van der Waals surface area contributed by atoms with Crippen molar-refractivity contribution in [2.75, 3.05) is 0 Å². The summed E-state index contributed by atoms with van der Waals surface area (Å²) in [4.78, 5) is 10.8. The van der Waals surface area contributed by atoms with Crippen LogP contribution in [0.15, 0.2) is 194 Å². The van der Waals surface area contributed by atoms with Gasteiger partial charge >= 0.3 is 0 Å². The SMILES string of the molecule is CC1(C)c2ccccc2-c2ccc3c(-c4ccccc4)nc(-c4cccc(-c5ccc6c(c5)-c5ccccc5C6(c5ccccc5)c5ccccc5)c4)nc3c21. The molecule has 8 aromatic carbocycles. The quantitative estimate of drug-likeness (QED) is 0.177.